The number of ether oxygens (including phenoxy) is 1. The van der Waals surface area contributed by atoms with Gasteiger partial charge in [-0.15, -0.1) is 0 Å². The van der Waals surface area contributed by atoms with Crippen LogP contribution in [0.1, 0.15) is 43.0 Å². The Balaban J connectivity index is 2.07. The molecule has 1 fully saturated rings. The second kappa shape index (κ2) is 8.78. The van der Waals surface area contributed by atoms with Gasteiger partial charge in [-0.1, -0.05) is 50.1 Å². The Morgan fingerprint density at radius 2 is 2.04 bits per heavy atom. The predicted octanol–water partition coefficient (Wildman–Crippen LogP) is 1.57. The second-order valence-corrected chi connectivity index (χ2v) is 6.19. The molecule has 1 heterocycles. The molecule has 3 atom stereocenters. The maximum absolute atomic E-state index is 12.3. The summed E-state index contributed by atoms with van der Waals surface area (Å²) in [7, 11) is 0. The summed E-state index contributed by atoms with van der Waals surface area (Å²) in [6, 6.07) is 8.31. The molecule has 6 nitrogen and oxygen atoms in total. The van der Waals surface area contributed by atoms with Crippen LogP contribution in [0.25, 0.3) is 0 Å². The van der Waals surface area contributed by atoms with Gasteiger partial charge in [-0.2, -0.15) is 0 Å². The number of amides is 1. The van der Waals surface area contributed by atoms with Crippen molar-refractivity contribution in [3.05, 3.63) is 48.0 Å². The number of unbranched alkanes of at least 4 members (excludes halogenated alkanes) is 2. The minimum atomic E-state index is -1.84. The molecule has 0 aromatic heterocycles. The average Bonchev–Trinajstić information content (AvgIpc) is 2.87. The minimum absolute atomic E-state index is 0.332. The quantitative estimate of drug-likeness (QED) is 0.377. The molecular formula is C19H25NO5. The van der Waals surface area contributed by atoms with E-state index in [0.29, 0.717) is 12.0 Å². The first kappa shape index (κ1) is 19.1. The number of aliphatic hydroxyl groups excluding tert-OH is 2. The number of nitrogens with one attached hydrogen (secondary N) is 1. The third-order valence-electron chi connectivity index (χ3n) is 4.36. The van der Waals surface area contributed by atoms with Gasteiger partial charge in [-0.25, -0.2) is 4.79 Å². The molecule has 0 bridgehead atoms. The van der Waals surface area contributed by atoms with Gasteiger partial charge in [0.2, 0.25) is 0 Å². The van der Waals surface area contributed by atoms with Crippen molar-refractivity contribution in [2.24, 2.45) is 0 Å². The number of hydrogen-bond acceptors (Lipinski definition) is 5. The highest BCUT2D eigenvalue weighted by Gasteiger charge is 2.57. The molecule has 1 aliphatic rings. The number of benzene rings is 1. The van der Waals surface area contributed by atoms with Crippen molar-refractivity contribution in [3.8, 4) is 0 Å². The van der Waals surface area contributed by atoms with Crippen molar-refractivity contribution in [1.29, 1.82) is 0 Å². The lowest BCUT2D eigenvalue weighted by atomic mass is 9.91. The monoisotopic (exact) mass is 347 g/mol. The maximum atomic E-state index is 12.3. The number of aliphatic hydroxyl groups is 2. The van der Waals surface area contributed by atoms with Crippen molar-refractivity contribution >= 4 is 11.9 Å². The average molecular weight is 347 g/mol. The summed E-state index contributed by atoms with van der Waals surface area (Å²) in [5.41, 5.74) is -1.51. The predicted molar refractivity (Wildman–Crippen MR) is 92.9 cm³/mol. The molecule has 1 aromatic rings. The van der Waals surface area contributed by atoms with Gasteiger partial charge >= 0.3 is 5.97 Å². The summed E-state index contributed by atoms with van der Waals surface area (Å²) in [4.78, 5) is 24.6. The third-order valence-corrected chi connectivity index (χ3v) is 4.36. The lowest BCUT2D eigenvalue weighted by Gasteiger charge is -2.28. The fourth-order valence-electron chi connectivity index (χ4n) is 2.78. The van der Waals surface area contributed by atoms with E-state index in [4.69, 9.17) is 4.74 Å². The summed E-state index contributed by atoms with van der Waals surface area (Å²) in [6.45, 7) is 1.36. The lowest BCUT2D eigenvalue weighted by molar-refractivity contribution is -0.147. The number of allylic oxidation sites excluding steroid dienone is 1. The van der Waals surface area contributed by atoms with E-state index < -0.39 is 36.2 Å². The van der Waals surface area contributed by atoms with E-state index in [2.05, 4.69) is 12.2 Å². The topological polar surface area (TPSA) is 95.9 Å². The fourth-order valence-corrected chi connectivity index (χ4v) is 2.78. The van der Waals surface area contributed by atoms with Crippen LogP contribution in [0.2, 0.25) is 0 Å². The van der Waals surface area contributed by atoms with E-state index in [0.717, 1.165) is 19.3 Å². The molecular weight excluding hydrogens is 322 g/mol. The smallest absolute Gasteiger partial charge is 0.337 e. The van der Waals surface area contributed by atoms with E-state index in [1.165, 1.54) is 0 Å². The van der Waals surface area contributed by atoms with Gasteiger partial charge in [0, 0.05) is 12.0 Å². The van der Waals surface area contributed by atoms with Crippen LogP contribution in [-0.4, -0.2) is 46.4 Å². The van der Waals surface area contributed by atoms with Crippen LogP contribution in [0, 0.1) is 0 Å². The Bertz CT molecular complexity index is 616. The summed E-state index contributed by atoms with van der Waals surface area (Å²) < 4.78 is 5.21. The number of cyclic esters (lactones) is 1. The molecule has 25 heavy (non-hydrogen) atoms. The Morgan fingerprint density at radius 3 is 2.68 bits per heavy atom. The molecule has 1 aromatic carbocycles. The zero-order chi connectivity index (χ0) is 18.3. The molecule has 3 N–H and O–H groups in total. The third kappa shape index (κ3) is 4.27. The highest BCUT2D eigenvalue weighted by Crippen LogP contribution is 2.29. The standard InChI is InChI=1S/C19H25NO5/c1-2-3-4-5-9-12-15-16(22)19(13-21,18(24)25-15)20-17(23)14-10-7-6-8-11-14/h5-11,15-16,21-22H,2-4,12-13H2,1H3,(H,20,23)/b9-5+/t15-,16+,19+/m1/s1. The van der Waals surface area contributed by atoms with E-state index in [1.54, 1.807) is 30.3 Å². The number of esters is 1. The van der Waals surface area contributed by atoms with Crippen LogP contribution in [0.15, 0.2) is 42.5 Å². The van der Waals surface area contributed by atoms with Crippen LogP contribution in [-0.2, 0) is 9.53 Å². The van der Waals surface area contributed by atoms with Gasteiger partial charge in [0.15, 0.2) is 5.54 Å². The SMILES string of the molecule is CCCC/C=C/C[C@H]1OC(=O)[C@@](CO)(NC(=O)c2ccccc2)[C@H]1O. The summed E-state index contributed by atoms with van der Waals surface area (Å²) in [5.74, 6) is -1.37. The fraction of sp³-hybridized carbons (Fsp3) is 0.474. The van der Waals surface area contributed by atoms with Gasteiger partial charge in [0.05, 0.1) is 6.61 Å². The zero-order valence-corrected chi connectivity index (χ0v) is 14.4. The van der Waals surface area contributed by atoms with Crippen LogP contribution < -0.4 is 5.32 Å². The van der Waals surface area contributed by atoms with E-state index in [-0.39, 0.29) is 0 Å². The molecule has 1 saturated heterocycles. The lowest BCUT2D eigenvalue weighted by Crippen LogP contribution is -2.62. The number of rotatable bonds is 8. The first-order valence-electron chi connectivity index (χ1n) is 8.57. The highest BCUT2D eigenvalue weighted by atomic mass is 16.6. The van der Waals surface area contributed by atoms with Crippen LogP contribution in [0.4, 0.5) is 0 Å². The van der Waals surface area contributed by atoms with Gasteiger partial charge in [-0.3, -0.25) is 4.79 Å². The molecule has 0 spiro atoms. The van der Waals surface area contributed by atoms with Crippen molar-refractivity contribution in [3.63, 3.8) is 0 Å². The van der Waals surface area contributed by atoms with Gasteiger partial charge < -0.3 is 20.3 Å². The number of hydrogen-bond donors (Lipinski definition) is 3. The molecule has 0 radical (unpaired) electrons. The first-order chi connectivity index (χ1) is 12.0. The molecule has 0 aliphatic carbocycles. The largest absolute Gasteiger partial charge is 0.457 e. The summed E-state index contributed by atoms with van der Waals surface area (Å²) in [6.07, 6.45) is 5.11. The van der Waals surface area contributed by atoms with Crippen LogP contribution in [0.3, 0.4) is 0 Å². The Labute approximate surface area is 147 Å². The van der Waals surface area contributed by atoms with Gasteiger partial charge in [-0.05, 0) is 18.6 Å². The van der Waals surface area contributed by atoms with Crippen LogP contribution >= 0.6 is 0 Å². The molecule has 1 amide bonds. The van der Waals surface area contributed by atoms with Gasteiger partial charge in [0.1, 0.15) is 12.2 Å². The molecule has 1 aliphatic heterocycles. The molecule has 0 unspecified atom stereocenters. The molecule has 0 saturated carbocycles. The molecule has 6 heteroatoms. The molecule has 136 valence electrons. The van der Waals surface area contributed by atoms with Gasteiger partial charge in [0.25, 0.3) is 5.91 Å². The highest BCUT2D eigenvalue weighted by molar-refractivity contribution is 5.99. The van der Waals surface area contributed by atoms with E-state index >= 15 is 0 Å². The summed E-state index contributed by atoms with van der Waals surface area (Å²) >= 11 is 0. The summed E-state index contributed by atoms with van der Waals surface area (Å²) in [5, 5.41) is 22.7. The Morgan fingerprint density at radius 1 is 1.32 bits per heavy atom. The number of carbonyl (C=O) groups is 2. The van der Waals surface area contributed by atoms with Crippen molar-refractivity contribution < 1.29 is 24.5 Å². The maximum Gasteiger partial charge on any atom is 0.337 e. The first-order valence-corrected chi connectivity index (χ1v) is 8.57. The van der Waals surface area contributed by atoms with Crippen molar-refractivity contribution in [2.45, 2.75) is 50.4 Å². The Hall–Kier alpha value is -2.18. The van der Waals surface area contributed by atoms with Crippen molar-refractivity contribution in [2.75, 3.05) is 6.61 Å². The van der Waals surface area contributed by atoms with Crippen LogP contribution in [0.5, 0.6) is 0 Å². The zero-order valence-electron chi connectivity index (χ0n) is 14.4. The number of carbonyl (C=O) groups excluding carboxylic acids is 2. The normalized spacial score (nSPS) is 26.0. The second-order valence-electron chi connectivity index (χ2n) is 6.19. The Kier molecular flexibility index (Phi) is 6.73. The minimum Gasteiger partial charge on any atom is -0.457 e. The van der Waals surface area contributed by atoms with E-state index in [9.17, 15) is 19.8 Å². The van der Waals surface area contributed by atoms with E-state index in [1.807, 2.05) is 12.2 Å². The molecule has 2 rings (SSSR count). The van der Waals surface area contributed by atoms with Crippen molar-refractivity contribution in [1.82, 2.24) is 5.32 Å².